The van der Waals surface area contributed by atoms with Gasteiger partial charge >= 0.3 is 5.97 Å². The van der Waals surface area contributed by atoms with Crippen LogP contribution in [0.5, 0.6) is 0 Å². The average Bonchev–Trinajstić information content (AvgIpc) is 2.92. The van der Waals surface area contributed by atoms with Crippen LogP contribution in [-0.4, -0.2) is 29.4 Å². The SMILES string of the molecule is Cc1cccc2c(-c3c(C)n(CC(=O)O)c4ccc(CS(=O)O)cc34)ccnc12. The molecule has 2 aromatic carbocycles. The Morgan fingerprint density at radius 3 is 2.66 bits per heavy atom. The summed E-state index contributed by atoms with van der Waals surface area (Å²) in [6.07, 6.45) is 1.76. The van der Waals surface area contributed by atoms with Crippen LogP contribution in [0.1, 0.15) is 16.8 Å². The molecule has 4 aromatic rings. The summed E-state index contributed by atoms with van der Waals surface area (Å²) < 4.78 is 22.4. The number of hydrogen-bond acceptors (Lipinski definition) is 3. The summed E-state index contributed by atoms with van der Waals surface area (Å²) in [6, 6.07) is 13.4. The lowest BCUT2D eigenvalue weighted by atomic mass is 9.97. The van der Waals surface area contributed by atoms with Gasteiger partial charge in [-0.2, -0.15) is 0 Å². The molecule has 0 spiro atoms. The number of aromatic nitrogens is 2. The van der Waals surface area contributed by atoms with Crippen LogP contribution in [0, 0.1) is 13.8 Å². The largest absolute Gasteiger partial charge is 0.480 e. The molecule has 0 saturated heterocycles. The molecule has 1 atom stereocenters. The molecule has 0 aliphatic rings. The van der Waals surface area contributed by atoms with E-state index in [2.05, 4.69) is 4.98 Å². The Kier molecular flexibility index (Phi) is 4.94. The van der Waals surface area contributed by atoms with Crippen LogP contribution in [0.15, 0.2) is 48.7 Å². The number of fused-ring (bicyclic) bond motifs is 2. The number of carboxylic acids is 1. The zero-order valence-electron chi connectivity index (χ0n) is 16.0. The van der Waals surface area contributed by atoms with Crippen molar-refractivity contribution in [2.75, 3.05) is 0 Å². The van der Waals surface area contributed by atoms with Gasteiger partial charge in [-0.15, -0.1) is 0 Å². The van der Waals surface area contributed by atoms with Crippen molar-refractivity contribution in [2.24, 2.45) is 0 Å². The van der Waals surface area contributed by atoms with Gasteiger partial charge in [-0.1, -0.05) is 24.3 Å². The maximum atomic E-state index is 11.5. The summed E-state index contributed by atoms with van der Waals surface area (Å²) in [6.45, 7) is 3.76. The van der Waals surface area contributed by atoms with Crippen molar-refractivity contribution in [3.05, 3.63) is 65.5 Å². The molecule has 2 aromatic heterocycles. The van der Waals surface area contributed by atoms with Gasteiger partial charge < -0.3 is 14.2 Å². The molecular formula is C22H20N2O4S. The highest BCUT2D eigenvalue weighted by Crippen LogP contribution is 2.38. The molecule has 7 heteroatoms. The third kappa shape index (κ3) is 3.43. The Labute approximate surface area is 170 Å². The van der Waals surface area contributed by atoms with E-state index < -0.39 is 17.0 Å². The van der Waals surface area contributed by atoms with Crippen molar-refractivity contribution in [3.63, 3.8) is 0 Å². The predicted molar refractivity (Wildman–Crippen MR) is 114 cm³/mol. The summed E-state index contributed by atoms with van der Waals surface area (Å²) in [5, 5.41) is 11.3. The summed E-state index contributed by atoms with van der Waals surface area (Å²) >= 11 is -1.95. The van der Waals surface area contributed by atoms with Crippen molar-refractivity contribution < 1.29 is 18.7 Å². The predicted octanol–water partition coefficient (Wildman–Crippen LogP) is 4.28. The number of nitrogens with zero attached hydrogens (tertiary/aromatic N) is 2. The zero-order chi connectivity index (χ0) is 20.7. The Morgan fingerprint density at radius 1 is 1.14 bits per heavy atom. The fourth-order valence-corrected chi connectivity index (χ4v) is 4.45. The van der Waals surface area contributed by atoms with Crippen molar-refractivity contribution in [1.29, 1.82) is 0 Å². The Bertz CT molecular complexity index is 1290. The third-order valence-electron chi connectivity index (χ3n) is 5.21. The molecular weight excluding hydrogens is 388 g/mol. The number of rotatable bonds is 5. The van der Waals surface area contributed by atoms with E-state index in [1.54, 1.807) is 16.8 Å². The van der Waals surface area contributed by atoms with Crippen LogP contribution >= 0.6 is 0 Å². The lowest BCUT2D eigenvalue weighted by Crippen LogP contribution is -2.10. The second-order valence-electron chi connectivity index (χ2n) is 7.09. The molecule has 148 valence electrons. The average molecular weight is 408 g/mol. The van der Waals surface area contributed by atoms with Crippen LogP contribution in [0.2, 0.25) is 0 Å². The molecule has 0 saturated carbocycles. The number of para-hydroxylation sites is 1. The third-order valence-corrected chi connectivity index (χ3v) is 5.79. The van der Waals surface area contributed by atoms with Gasteiger partial charge in [0, 0.05) is 33.7 Å². The molecule has 0 amide bonds. The Balaban J connectivity index is 2.08. The molecule has 2 heterocycles. The van der Waals surface area contributed by atoms with Crippen LogP contribution in [0.25, 0.3) is 32.9 Å². The molecule has 0 fully saturated rings. The molecule has 6 nitrogen and oxygen atoms in total. The second kappa shape index (κ2) is 7.42. The number of aryl methyl sites for hydroxylation is 1. The molecule has 0 bridgehead atoms. The molecule has 1 unspecified atom stereocenters. The number of pyridine rings is 1. The molecule has 0 aliphatic carbocycles. The molecule has 0 aliphatic heterocycles. The Morgan fingerprint density at radius 2 is 1.93 bits per heavy atom. The van der Waals surface area contributed by atoms with Crippen LogP contribution in [-0.2, 0) is 28.2 Å². The maximum Gasteiger partial charge on any atom is 0.323 e. The van der Waals surface area contributed by atoms with Gasteiger partial charge in [0.25, 0.3) is 0 Å². The second-order valence-corrected chi connectivity index (χ2v) is 8.02. The minimum atomic E-state index is -1.95. The first-order chi connectivity index (χ1) is 13.9. The minimum absolute atomic E-state index is 0.0226. The molecule has 29 heavy (non-hydrogen) atoms. The van der Waals surface area contributed by atoms with E-state index in [-0.39, 0.29) is 12.3 Å². The first-order valence-electron chi connectivity index (χ1n) is 9.12. The monoisotopic (exact) mass is 408 g/mol. The van der Waals surface area contributed by atoms with Gasteiger partial charge in [0.05, 0.1) is 11.3 Å². The van der Waals surface area contributed by atoms with Gasteiger partial charge in [-0.25, -0.2) is 4.21 Å². The first kappa shape index (κ1) is 19.3. The van der Waals surface area contributed by atoms with Gasteiger partial charge in [-0.05, 0) is 48.7 Å². The lowest BCUT2D eigenvalue weighted by Gasteiger charge is -2.09. The topological polar surface area (TPSA) is 92.4 Å². The molecule has 4 rings (SSSR count). The highest BCUT2D eigenvalue weighted by molar-refractivity contribution is 7.78. The van der Waals surface area contributed by atoms with E-state index in [0.717, 1.165) is 49.8 Å². The smallest absolute Gasteiger partial charge is 0.323 e. The number of aliphatic carboxylic acids is 1. The van der Waals surface area contributed by atoms with E-state index in [1.807, 2.05) is 50.2 Å². The van der Waals surface area contributed by atoms with Gasteiger partial charge in [-0.3, -0.25) is 9.78 Å². The number of benzene rings is 2. The zero-order valence-corrected chi connectivity index (χ0v) is 16.9. The van der Waals surface area contributed by atoms with Gasteiger partial charge in [0.15, 0.2) is 11.1 Å². The van der Waals surface area contributed by atoms with Crippen molar-refractivity contribution in [1.82, 2.24) is 9.55 Å². The van der Waals surface area contributed by atoms with Crippen LogP contribution in [0.3, 0.4) is 0 Å². The van der Waals surface area contributed by atoms with E-state index in [4.69, 9.17) is 0 Å². The van der Waals surface area contributed by atoms with Gasteiger partial charge in [0.2, 0.25) is 0 Å². The van der Waals surface area contributed by atoms with E-state index in [1.165, 1.54) is 0 Å². The number of hydrogen-bond donors (Lipinski definition) is 2. The number of carboxylic acid groups (broad SMARTS) is 1. The Hall–Kier alpha value is -3.03. The van der Waals surface area contributed by atoms with E-state index in [9.17, 15) is 18.7 Å². The fourth-order valence-electron chi connectivity index (χ4n) is 3.98. The normalized spacial score (nSPS) is 12.5. The standard InChI is InChI=1S/C22H20N2O4S/c1-13-4-3-5-17-16(8-9-23-22(13)17)21-14(2)24(11-20(25)26)19-7-6-15(10-18(19)21)12-29(27)28/h3-10H,11-12H2,1-2H3,(H,25,26)(H,27,28). The summed E-state index contributed by atoms with van der Waals surface area (Å²) in [7, 11) is 0. The quantitative estimate of drug-likeness (QED) is 0.481. The lowest BCUT2D eigenvalue weighted by molar-refractivity contribution is -0.137. The van der Waals surface area contributed by atoms with E-state index >= 15 is 0 Å². The first-order valence-corrected chi connectivity index (χ1v) is 10.4. The summed E-state index contributed by atoms with van der Waals surface area (Å²) in [4.78, 5) is 16.0. The van der Waals surface area contributed by atoms with Gasteiger partial charge in [0.1, 0.15) is 6.54 Å². The molecule has 0 radical (unpaired) electrons. The van der Waals surface area contributed by atoms with Crippen molar-refractivity contribution >= 4 is 38.9 Å². The highest BCUT2D eigenvalue weighted by atomic mass is 32.2. The van der Waals surface area contributed by atoms with Crippen LogP contribution < -0.4 is 0 Å². The highest BCUT2D eigenvalue weighted by Gasteiger charge is 2.20. The molecule has 2 N–H and O–H groups in total. The maximum absolute atomic E-state index is 11.5. The fraction of sp³-hybridized carbons (Fsp3) is 0.182. The number of carbonyl (C=O) groups is 1. The van der Waals surface area contributed by atoms with Crippen molar-refractivity contribution in [3.8, 4) is 11.1 Å². The summed E-state index contributed by atoms with van der Waals surface area (Å²) in [5.74, 6) is -0.901. The van der Waals surface area contributed by atoms with E-state index in [0.29, 0.717) is 0 Å². The van der Waals surface area contributed by atoms with Crippen LogP contribution in [0.4, 0.5) is 0 Å². The minimum Gasteiger partial charge on any atom is -0.480 e. The van der Waals surface area contributed by atoms with Crippen molar-refractivity contribution in [2.45, 2.75) is 26.1 Å². The summed E-state index contributed by atoms with van der Waals surface area (Å²) in [5.41, 5.74) is 6.19.